The van der Waals surface area contributed by atoms with E-state index >= 15 is 0 Å². The topological polar surface area (TPSA) is 126 Å². The van der Waals surface area contributed by atoms with Gasteiger partial charge in [0.2, 0.25) is 5.95 Å². The van der Waals surface area contributed by atoms with Gasteiger partial charge < -0.3 is 26.6 Å². The van der Waals surface area contributed by atoms with Crippen LogP contribution in [0, 0.1) is 18.8 Å². The summed E-state index contributed by atoms with van der Waals surface area (Å²) in [7, 11) is 0. The first kappa shape index (κ1) is 20.7. The fourth-order valence-electron chi connectivity index (χ4n) is 4.03. The number of rotatable bonds is 2. The number of piperazine rings is 1. The molecule has 3 heterocycles. The molecular formula is C22H28N8O. The zero-order valence-electron chi connectivity index (χ0n) is 17.8. The molecule has 1 saturated heterocycles. The van der Waals surface area contributed by atoms with Gasteiger partial charge in [0.05, 0.1) is 11.3 Å². The lowest BCUT2D eigenvalue weighted by atomic mass is 10.1. The van der Waals surface area contributed by atoms with E-state index in [1.165, 1.54) is 12.8 Å². The lowest BCUT2D eigenvalue weighted by Gasteiger charge is -2.36. The van der Waals surface area contributed by atoms with E-state index in [1.54, 1.807) is 12.3 Å². The van der Waals surface area contributed by atoms with E-state index in [0.29, 0.717) is 43.9 Å². The molecule has 0 spiro atoms. The van der Waals surface area contributed by atoms with Gasteiger partial charge in [0.15, 0.2) is 0 Å². The van der Waals surface area contributed by atoms with Crippen molar-refractivity contribution in [3.63, 3.8) is 0 Å². The molecule has 0 bridgehead atoms. The Balaban J connectivity index is 1.48. The summed E-state index contributed by atoms with van der Waals surface area (Å²) in [5.74, 6) is 7.66. The highest BCUT2D eigenvalue weighted by atomic mass is 16.2. The average Bonchev–Trinajstić information content (AvgIpc) is 3.27. The quantitative estimate of drug-likeness (QED) is 0.629. The highest BCUT2D eigenvalue weighted by Crippen LogP contribution is 2.23. The molecule has 1 aliphatic heterocycles. The second-order valence-electron chi connectivity index (χ2n) is 7.99. The lowest BCUT2D eigenvalue weighted by molar-refractivity contribution is 0.190. The van der Waals surface area contributed by atoms with Crippen LogP contribution < -0.4 is 21.7 Å². The van der Waals surface area contributed by atoms with Crippen molar-refractivity contribution in [2.45, 2.75) is 38.6 Å². The molecule has 162 valence electrons. The maximum Gasteiger partial charge on any atom is 0.317 e. The fraction of sp³-hybridized carbons (Fsp3) is 0.455. The van der Waals surface area contributed by atoms with Gasteiger partial charge in [-0.3, -0.25) is 0 Å². The van der Waals surface area contributed by atoms with E-state index in [4.69, 9.17) is 11.5 Å². The van der Waals surface area contributed by atoms with Crippen LogP contribution >= 0.6 is 0 Å². The van der Waals surface area contributed by atoms with Gasteiger partial charge in [-0.2, -0.15) is 4.98 Å². The second kappa shape index (κ2) is 9.08. The number of aromatic nitrogens is 3. The Morgan fingerprint density at radius 1 is 1.10 bits per heavy atom. The molecule has 0 unspecified atom stereocenters. The van der Waals surface area contributed by atoms with E-state index in [-0.39, 0.29) is 12.0 Å². The Kier molecular flexibility index (Phi) is 6.07. The second-order valence-corrected chi connectivity index (χ2v) is 7.99. The van der Waals surface area contributed by atoms with Crippen LogP contribution in [0.3, 0.4) is 0 Å². The van der Waals surface area contributed by atoms with Crippen molar-refractivity contribution >= 4 is 23.6 Å². The number of anilines is 3. The summed E-state index contributed by atoms with van der Waals surface area (Å²) < 4.78 is 0. The molecule has 0 aromatic carbocycles. The Morgan fingerprint density at radius 3 is 2.52 bits per heavy atom. The zero-order chi connectivity index (χ0) is 21.8. The monoisotopic (exact) mass is 420 g/mol. The zero-order valence-corrected chi connectivity index (χ0v) is 17.8. The van der Waals surface area contributed by atoms with Crippen molar-refractivity contribution in [1.29, 1.82) is 0 Å². The lowest BCUT2D eigenvalue weighted by Crippen LogP contribution is -2.53. The number of nitrogens with zero attached hydrogens (tertiary/aromatic N) is 5. The molecule has 2 aromatic rings. The van der Waals surface area contributed by atoms with Crippen LogP contribution in [0.5, 0.6) is 0 Å². The van der Waals surface area contributed by atoms with E-state index in [9.17, 15) is 4.79 Å². The summed E-state index contributed by atoms with van der Waals surface area (Å²) in [4.78, 5) is 29.4. The van der Waals surface area contributed by atoms with E-state index < -0.39 is 0 Å². The average molecular weight is 421 g/mol. The molecule has 2 fully saturated rings. The third kappa shape index (κ3) is 4.97. The van der Waals surface area contributed by atoms with E-state index in [2.05, 4.69) is 37.0 Å². The maximum absolute atomic E-state index is 12.6. The third-order valence-corrected chi connectivity index (χ3v) is 5.76. The van der Waals surface area contributed by atoms with Gasteiger partial charge in [-0.25, -0.2) is 14.8 Å². The molecule has 2 aromatic heterocycles. The molecule has 9 nitrogen and oxygen atoms in total. The Hall–Kier alpha value is -3.54. The van der Waals surface area contributed by atoms with Gasteiger partial charge in [0.25, 0.3) is 0 Å². The molecule has 2 aliphatic rings. The van der Waals surface area contributed by atoms with Crippen molar-refractivity contribution in [3.8, 4) is 11.8 Å². The maximum atomic E-state index is 12.6. The molecular weight excluding hydrogens is 392 g/mol. The van der Waals surface area contributed by atoms with Crippen LogP contribution in [0.15, 0.2) is 18.3 Å². The SMILES string of the molecule is Cc1nc(N)nc(N2CCN(C(=O)NC3CCCC3)CC2)c1C#Cc1ccc(N)nc1. The van der Waals surface area contributed by atoms with Crippen molar-refractivity contribution in [2.75, 3.05) is 42.5 Å². The van der Waals surface area contributed by atoms with Gasteiger partial charge in [0, 0.05) is 44.0 Å². The van der Waals surface area contributed by atoms with Crippen molar-refractivity contribution < 1.29 is 4.79 Å². The van der Waals surface area contributed by atoms with Crippen LogP contribution in [0.1, 0.15) is 42.5 Å². The fourth-order valence-corrected chi connectivity index (χ4v) is 4.03. The largest absolute Gasteiger partial charge is 0.384 e. The highest BCUT2D eigenvalue weighted by Gasteiger charge is 2.26. The van der Waals surface area contributed by atoms with E-state index in [0.717, 1.165) is 29.7 Å². The number of urea groups is 1. The first-order chi connectivity index (χ1) is 15.0. The van der Waals surface area contributed by atoms with Gasteiger partial charge in [-0.05, 0) is 31.9 Å². The minimum absolute atomic E-state index is 0.0285. The van der Waals surface area contributed by atoms with Crippen LogP contribution in [-0.2, 0) is 0 Å². The molecule has 1 aliphatic carbocycles. The van der Waals surface area contributed by atoms with Gasteiger partial charge in [0.1, 0.15) is 11.6 Å². The number of hydrogen-bond donors (Lipinski definition) is 3. The predicted octanol–water partition coefficient (Wildman–Crippen LogP) is 1.52. The van der Waals surface area contributed by atoms with Crippen LogP contribution in [0.25, 0.3) is 0 Å². The standard InChI is InChI=1S/C22H28N8O/c1-15-18(8-6-16-7-9-19(23)25-14-16)20(28-21(24)26-15)29-10-12-30(13-11-29)22(31)27-17-4-2-3-5-17/h7,9,14,17H,2-5,10-13H2,1H3,(H2,23,25)(H,27,31)(H2,24,26,28). The number of amides is 2. The Bertz CT molecular complexity index is 997. The summed E-state index contributed by atoms with van der Waals surface area (Å²) in [5.41, 5.74) is 13.8. The Labute approximate surface area is 182 Å². The highest BCUT2D eigenvalue weighted by molar-refractivity contribution is 5.75. The first-order valence-electron chi connectivity index (χ1n) is 10.7. The number of hydrogen-bond acceptors (Lipinski definition) is 7. The molecule has 5 N–H and O–H groups in total. The van der Waals surface area contributed by atoms with Gasteiger partial charge >= 0.3 is 6.03 Å². The van der Waals surface area contributed by atoms with Gasteiger partial charge in [-0.15, -0.1) is 0 Å². The molecule has 2 amide bonds. The summed E-state index contributed by atoms with van der Waals surface area (Å²) in [6, 6.07) is 3.89. The molecule has 0 atom stereocenters. The first-order valence-corrected chi connectivity index (χ1v) is 10.7. The van der Waals surface area contributed by atoms with Gasteiger partial charge in [-0.1, -0.05) is 24.7 Å². The summed E-state index contributed by atoms with van der Waals surface area (Å²) >= 11 is 0. The van der Waals surface area contributed by atoms with Crippen molar-refractivity contribution in [2.24, 2.45) is 0 Å². The van der Waals surface area contributed by atoms with Crippen LogP contribution in [0.2, 0.25) is 0 Å². The van der Waals surface area contributed by atoms with Crippen molar-refractivity contribution in [1.82, 2.24) is 25.2 Å². The normalized spacial score (nSPS) is 16.7. The predicted molar refractivity (Wildman–Crippen MR) is 120 cm³/mol. The number of nitrogens with two attached hydrogens (primary N) is 2. The number of pyridine rings is 1. The molecule has 4 rings (SSSR count). The number of nitrogens with one attached hydrogen (secondary N) is 1. The number of nitrogen functional groups attached to an aromatic ring is 2. The molecule has 9 heteroatoms. The summed E-state index contributed by atoms with van der Waals surface area (Å²) in [6.45, 7) is 4.43. The van der Waals surface area contributed by atoms with Crippen LogP contribution in [0.4, 0.5) is 22.4 Å². The Morgan fingerprint density at radius 2 is 1.84 bits per heavy atom. The minimum Gasteiger partial charge on any atom is -0.384 e. The number of carbonyl (C=O) groups excluding carboxylic acids is 1. The minimum atomic E-state index is 0.0285. The molecule has 0 radical (unpaired) electrons. The van der Waals surface area contributed by atoms with Crippen molar-refractivity contribution in [3.05, 3.63) is 35.2 Å². The summed E-state index contributed by atoms with van der Waals surface area (Å²) in [6.07, 6.45) is 6.19. The summed E-state index contributed by atoms with van der Waals surface area (Å²) in [5, 5.41) is 3.16. The molecule has 31 heavy (non-hydrogen) atoms. The number of carbonyl (C=O) groups is 1. The third-order valence-electron chi connectivity index (χ3n) is 5.76. The molecule has 1 saturated carbocycles. The van der Waals surface area contributed by atoms with Crippen LogP contribution in [-0.4, -0.2) is 58.1 Å². The number of aryl methyl sites for hydroxylation is 1. The van der Waals surface area contributed by atoms with E-state index in [1.807, 2.05) is 17.9 Å². The smallest absolute Gasteiger partial charge is 0.317 e.